The van der Waals surface area contributed by atoms with E-state index >= 15 is 0 Å². The van der Waals surface area contributed by atoms with Gasteiger partial charge in [-0.1, -0.05) is 6.07 Å². The average Bonchev–Trinajstić information content (AvgIpc) is 2.52. The van der Waals surface area contributed by atoms with E-state index in [1.165, 1.54) is 0 Å². The predicted molar refractivity (Wildman–Crippen MR) is 81.6 cm³/mol. The van der Waals surface area contributed by atoms with E-state index in [4.69, 9.17) is 9.47 Å². The van der Waals surface area contributed by atoms with E-state index in [-0.39, 0.29) is 6.04 Å². The number of ether oxygens (including phenoxy) is 2. The van der Waals surface area contributed by atoms with Crippen molar-refractivity contribution in [3.8, 4) is 11.5 Å². The lowest BCUT2D eigenvalue weighted by atomic mass is 10.1. The molecule has 5 heteroatoms. The molecule has 1 atom stereocenters. The van der Waals surface area contributed by atoms with Gasteiger partial charge in [0.05, 0.1) is 25.6 Å². The second-order valence-electron chi connectivity index (χ2n) is 4.82. The van der Waals surface area contributed by atoms with Gasteiger partial charge in [-0.2, -0.15) is 0 Å². The highest BCUT2D eigenvalue weighted by Crippen LogP contribution is 2.27. The van der Waals surface area contributed by atoms with Gasteiger partial charge in [-0.3, -0.25) is 9.97 Å². The number of nitrogens with zero attached hydrogens (tertiary/aromatic N) is 2. The first kappa shape index (κ1) is 15.3. The van der Waals surface area contributed by atoms with Gasteiger partial charge in [0.25, 0.3) is 0 Å². The summed E-state index contributed by atoms with van der Waals surface area (Å²) in [5.74, 6) is 1.47. The molecule has 112 valence electrons. The lowest BCUT2D eigenvalue weighted by Crippen LogP contribution is -2.20. The van der Waals surface area contributed by atoms with Gasteiger partial charge in [-0.05, 0) is 31.5 Å². The molecule has 1 aromatic heterocycles. The van der Waals surface area contributed by atoms with Crippen molar-refractivity contribution >= 4 is 0 Å². The van der Waals surface area contributed by atoms with Crippen LogP contribution >= 0.6 is 0 Å². The Morgan fingerprint density at radius 3 is 2.48 bits per heavy atom. The largest absolute Gasteiger partial charge is 0.493 e. The molecule has 2 aromatic rings. The van der Waals surface area contributed by atoms with E-state index in [1.54, 1.807) is 26.6 Å². The van der Waals surface area contributed by atoms with Crippen molar-refractivity contribution in [1.29, 1.82) is 0 Å². The number of methoxy groups -OCH3 is 2. The highest BCUT2D eigenvalue weighted by Gasteiger charge is 2.11. The van der Waals surface area contributed by atoms with Gasteiger partial charge in [-0.15, -0.1) is 0 Å². The van der Waals surface area contributed by atoms with Crippen LogP contribution < -0.4 is 14.8 Å². The van der Waals surface area contributed by atoms with E-state index in [0.29, 0.717) is 0 Å². The highest BCUT2D eigenvalue weighted by molar-refractivity contribution is 5.42. The van der Waals surface area contributed by atoms with Gasteiger partial charge in [-0.25, -0.2) is 0 Å². The maximum Gasteiger partial charge on any atom is 0.161 e. The van der Waals surface area contributed by atoms with Crippen LogP contribution in [0.15, 0.2) is 30.6 Å². The first-order valence-corrected chi connectivity index (χ1v) is 6.87. The van der Waals surface area contributed by atoms with Gasteiger partial charge in [0, 0.05) is 25.0 Å². The van der Waals surface area contributed by atoms with Crippen LogP contribution in [0.3, 0.4) is 0 Å². The van der Waals surface area contributed by atoms with Crippen LogP contribution in [0.5, 0.6) is 11.5 Å². The molecule has 1 N–H and O–H groups in total. The van der Waals surface area contributed by atoms with Crippen LogP contribution in [0.1, 0.15) is 29.9 Å². The summed E-state index contributed by atoms with van der Waals surface area (Å²) < 4.78 is 10.6. The normalized spacial score (nSPS) is 12.0. The quantitative estimate of drug-likeness (QED) is 0.885. The summed E-state index contributed by atoms with van der Waals surface area (Å²) in [5.41, 5.74) is 3.05. The van der Waals surface area contributed by atoms with Crippen LogP contribution in [0, 0.1) is 6.92 Å². The molecule has 0 aliphatic rings. The minimum Gasteiger partial charge on any atom is -0.493 e. The minimum absolute atomic E-state index is 0.131. The third kappa shape index (κ3) is 3.70. The Morgan fingerprint density at radius 1 is 1.10 bits per heavy atom. The van der Waals surface area contributed by atoms with Gasteiger partial charge in [0.15, 0.2) is 11.5 Å². The molecule has 0 aliphatic carbocycles. The summed E-state index contributed by atoms with van der Waals surface area (Å²) in [5, 5.41) is 3.45. The van der Waals surface area contributed by atoms with E-state index in [2.05, 4.69) is 22.2 Å². The van der Waals surface area contributed by atoms with Gasteiger partial charge < -0.3 is 14.8 Å². The highest BCUT2D eigenvalue weighted by atomic mass is 16.5. The number of benzene rings is 1. The maximum atomic E-state index is 5.31. The molecular weight excluding hydrogens is 266 g/mol. The maximum absolute atomic E-state index is 5.31. The van der Waals surface area contributed by atoms with Crippen molar-refractivity contribution in [3.05, 3.63) is 47.5 Å². The molecule has 1 unspecified atom stereocenters. The number of hydrogen-bond acceptors (Lipinski definition) is 5. The predicted octanol–water partition coefficient (Wildman–Crippen LogP) is 2.65. The molecule has 1 aromatic carbocycles. The fraction of sp³-hybridized carbons (Fsp3) is 0.375. The van der Waals surface area contributed by atoms with Gasteiger partial charge >= 0.3 is 0 Å². The molecule has 2 rings (SSSR count). The third-order valence-corrected chi connectivity index (χ3v) is 3.39. The van der Waals surface area contributed by atoms with Crippen molar-refractivity contribution in [2.75, 3.05) is 14.2 Å². The number of hydrogen-bond donors (Lipinski definition) is 1. The molecule has 5 nitrogen and oxygen atoms in total. The lowest BCUT2D eigenvalue weighted by Gasteiger charge is -2.15. The summed E-state index contributed by atoms with van der Waals surface area (Å²) in [4.78, 5) is 8.65. The Labute approximate surface area is 125 Å². The molecule has 0 saturated carbocycles. The molecule has 0 radical (unpaired) electrons. The molecule has 0 saturated heterocycles. The van der Waals surface area contributed by atoms with Crippen LogP contribution in [-0.4, -0.2) is 24.2 Å². The average molecular weight is 287 g/mol. The number of aryl methyl sites for hydroxylation is 1. The Balaban J connectivity index is 2.04. The second kappa shape index (κ2) is 7.04. The Morgan fingerprint density at radius 2 is 1.81 bits per heavy atom. The number of rotatable bonds is 6. The zero-order valence-electron chi connectivity index (χ0n) is 12.9. The standard InChI is InChI=1S/C16H21N3O2/c1-11-16(18-8-7-17-11)12(2)19-10-13-5-6-14(20-3)15(9-13)21-4/h5-9,12,19H,10H2,1-4H3. The van der Waals surface area contributed by atoms with E-state index in [1.807, 2.05) is 25.1 Å². The molecule has 0 bridgehead atoms. The van der Waals surface area contributed by atoms with Crippen molar-refractivity contribution < 1.29 is 9.47 Å². The van der Waals surface area contributed by atoms with Gasteiger partial charge in [0.1, 0.15) is 0 Å². The summed E-state index contributed by atoms with van der Waals surface area (Å²) in [6.07, 6.45) is 3.43. The summed E-state index contributed by atoms with van der Waals surface area (Å²) in [6, 6.07) is 6.03. The van der Waals surface area contributed by atoms with Crippen LogP contribution in [0.25, 0.3) is 0 Å². The Hall–Kier alpha value is -2.14. The van der Waals surface area contributed by atoms with Crippen LogP contribution in [-0.2, 0) is 6.54 Å². The van der Waals surface area contributed by atoms with Crippen LogP contribution in [0.4, 0.5) is 0 Å². The zero-order chi connectivity index (χ0) is 15.2. The second-order valence-corrected chi connectivity index (χ2v) is 4.82. The monoisotopic (exact) mass is 287 g/mol. The van der Waals surface area contributed by atoms with E-state index < -0.39 is 0 Å². The number of aromatic nitrogens is 2. The van der Waals surface area contributed by atoms with Crippen LogP contribution in [0.2, 0.25) is 0 Å². The molecular formula is C16H21N3O2. The SMILES string of the molecule is COc1ccc(CNC(C)c2nccnc2C)cc1OC. The fourth-order valence-electron chi connectivity index (χ4n) is 2.20. The lowest BCUT2D eigenvalue weighted by molar-refractivity contribution is 0.354. The van der Waals surface area contributed by atoms with Crippen molar-refractivity contribution in [2.24, 2.45) is 0 Å². The molecule has 0 spiro atoms. The number of nitrogens with one attached hydrogen (secondary N) is 1. The van der Waals surface area contributed by atoms with E-state index in [0.717, 1.165) is 35.0 Å². The van der Waals surface area contributed by atoms with Crippen molar-refractivity contribution in [2.45, 2.75) is 26.4 Å². The first-order chi connectivity index (χ1) is 10.2. The van der Waals surface area contributed by atoms with E-state index in [9.17, 15) is 0 Å². The summed E-state index contributed by atoms with van der Waals surface area (Å²) in [6.45, 7) is 4.77. The van der Waals surface area contributed by atoms with Crippen molar-refractivity contribution in [1.82, 2.24) is 15.3 Å². The van der Waals surface area contributed by atoms with Crippen molar-refractivity contribution in [3.63, 3.8) is 0 Å². The molecule has 21 heavy (non-hydrogen) atoms. The summed E-state index contributed by atoms with van der Waals surface area (Å²) in [7, 11) is 3.27. The smallest absolute Gasteiger partial charge is 0.161 e. The molecule has 1 heterocycles. The zero-order valence-corrected chi connectivity index (χ0v) is 12.9. The molecule has 0 fully saturated rings. The molecule has 0 aliphatic heterocycles. The minimum atomic E-state index is 0.131. The summed E-state index contributed by atoms with van der Waals surface area (Å²) >= 11 is 0. The topological polar surface area (TPSA) is 56.3 Å². The third-order valence-electron chi connectivity index (χ3n) is 3.39. The Kier molecular flexibility index (Phi) is 5.11. The first-order valence-electron chi connectivity index (χ1n) is 6.87. The fourth-order valence-corrected chi connectivity index (χ4v) is 2.20. The Bertz CT molecular complexity index is 602. The van der Waals surface area contributed by atoms with Gasteiger partial charge in [0.2, 0.25) is 0 Å². The molecule has 0 amide bonds.